The zero-order valence-corrected chi connectivity index (χ0v) is 14.7. The summed E-state index contributed by atoms with van der Waals surface area (Å²) in [5.41, 5.74) is 5.53. The van der Waals surface area contributed by atoms with Gasteiger partial charge in [0.15, 0.2) is 0 Å². The van der Waals surface area contributed by atoms with Gasteiger partial charge in [-0.15, -0.1) is 12.4 Å². The van der Waals surface area contributed by atoms with E-state index < -0.39 is 0 Å². The standard InChI is InChI=1S/C19H25N3.ClH/c1-22(2)18(15-7-4-3-5-8-15)14-20-13-17-10-6-9-16-11-12-21-19(16)17;/h3-10,18,20-21H,11-14H2,1-2H3;1H. The highest BCUT2D eigenvalue weighted by atomic mass is 35.5. The lowest BCUT2D eigenvalue weighted by Gasteiger charge is -2.25. The van der Waals surface area contributed by atoms with E-state index in [1.54, 1.807) is 0 Å². The second kappa shape index (κ2) is 8.34. The van der Waals surface area contributed by atoms with Crippen molar-refractivity contribution in [2.45, 2.75) is 19.0 Å². The van der Waals surface area contributed by atoms with Crippen molar-refractivity contribution in [3.8, 4) is 0 Å². The molecule has 1 aliphatic rings. The van der Waals surface area contributed by atoms with Crippen LogP contribution >= 0.6 is 12.4 Å². The van der Waals surface area contributed by atoms with Gasteiger partial charge >= 0.3 is 0 Å². The van der Waals surface area contributed by atoms with Gasteiger partial charge in [0.25, 0.3) is 0 Å². The van der Waals surface area contributed by atoms with Crippen LogP contribution in [0.15, 0.2) is 48.5 Å². The first-order chi connectivity index (χ1) is 10.8. The van der Waals surface area contributed by atoms with Crippen LogP contribution < -0.4 is 10.6 Å². The predicted molar refractivity (Wildman–Crippen MR) is 100 cm³/mol. The summed E-state index contributed by atoms with van der Waals surface area (Å²) in [6.45, 7) is 2.92. The Hall–Kier alpha value is -1.55. The van der Waals surface area contributed by atoms with Crippen molar-refractivity contribution >= 4 is 18.1 Å². The summed E-state index contributed by atoms with van der Waals surface area (Å²) in [5.74, 6) is 0. The Morgan fingerprint density at radius 2 is 1.87 bits per heavy atom. The molecule has 0 spiro atoms. The van der Waals surface area contributed by atoms with Crippen LogP contribution in [0.5, 0.6) is 0 Å². The molecule has 0 amide bonds. The van der Waals surface area contributed by atoms with Gasteiger partial charge in [0.1, 0.15) is 0 Å². The Balaban J connectivity index is 0.00000192. The van der Waals surface area contributed by atoms with Crippen LogP contribution in [-0.2, 0) is 13.0 Å². The zero-order chi connectivity index (χ0) is 15.4. The smallest absolute Gasteiger partial charge is 0.0466 e. The molecule has 23 heavy (non-hydrogen) atoms. The lowest BCUT2D eigenvalue weighted by atomic mass is 10.1. The number of likely N-dealkylation sites (N-methyl/N-ethyl adjacent to an activating group) is 1. The summed E-state index contributed by atoms with van der Waals surface area (Å²) in [6, 6.07) is 17.7. The number of benzene rings is 2. The van der Waals surface area contributed by atoms with Crippen molar-refractivity contribution in [3.05, 3.63) is 65.2 Å². The molecule has 1 unspecified atom stereocenters. The van der Waals surface area contributed by atoms with Crippen LogP contribution in [0.4, 0.5) is 5.69 Å². The topological polar surface area (TPSA) is 27.3 Å². The molecule has 0 fully saturated rings. The molecule has 3 rings (SSSR count). The predicted octanol–water partition coefficient (Wildman–Crippen LogP) is 3.47. The van der Waals surface area contributed by atoms with Crippen LogP contribution in [0.25, 0.3) is 0 Å². The van der Waals surface area contributed by atoms with E-state index in [1.807, 2.05) is 0 Å². The summed E-state index contributed by atoms with van der Waals surface area (Å²) in [6.07, 6.45) is 1.15. The van der Waals surface area contributed by atoms with Gasteiger partial charge in [-0.05, 0) is 37.2 Å². The number of hydrogen-bond donors (Lipinski definition) is 2. The minimum Gasteiger partial charge on any atom is -0.384 e. The molecule has 0 aliphatic carbocycles. The van der Waals surface area contributed by atoms with Crippen molar-refractivity contribution in [2.75, 3.05) is 32.5 Å². The van der Waals surface area contributed by atoms with Crippen molar-refractivity contribution < 1.29 is 0 Å². The molecule has 1 aliphatic heterocycles. The maximum atomic E-state index is 3.63. The fourth-order valence-corrected chi connectivity index (χ4v) is 3.18. The second-order valence-electron chi connectivity index (χ2n) is 6.15. The third kappa shape index (κ3) is 4.25. The molecular formula is C19H26ClN3. The minimum atomic E-state index is 0. The van der Waals surface area contributed by atoms with E-state index in [0.717, 1.165) is 26.1 Å². The van der Waals surface area contributed by atoms with Crippen molar-refractivity contribution in [2.24, 2.45) is 0 Å². The molecule has 0 saturated heterocycles. The summed E-state index contributed by atoms with van der Waals surface area (Å²) < 4.78 is 0. The maximum Gasteiger partial charge on any atom is 0.0466 e. The minimum absolute atomic E-state index is 0. The van der Waals surface area contributed by atoms with Gasteiger partial charge in [0.05, 0.1) is 0 Å². The van der Waals surface area contributed by atoms with Crippen LogP contribution in [0, 0.1) is 0 Å². The average Bonchev–Trinajstić information content (AvgIpc) is 3.01. The third-order valence-electron chi connectivity index (χ3n) is 4.39. The van der Waals surface area contributed by atoms with Crippen molar-refractivity contribution in [3.63, 3.8) is 0 Å². The summed E-state index contributed by atoms with van der Waals surface area (Å²) in [7, 11) is 4.28. The van der Waals surface area contributed by atoms with Gasteiger partial charge in [-0.25, -0.2) is 0 Å². The van der Waals surface area contributed by atoms with E-state index in [1.165, 1.54) is 22.4 Å². The van der Waals surface area contributed by atoms with E-state index in [-0.39, 0.29) is 12.4 Å². The van der Waals surface area contributed by atoms with E-state index in [9.17, 15) is 0 Å². The normalized spacial score (nSPS) is 14.0. The van der Waals surface area contributed by atoms with E-state index in [0.29, 0.717) is 6.04 Å². The SMILES string of the molecule is CN(C)C(CNCc1cccc2c1NCC2)c1ccccc1.Cl. The lowest BCUT2D eigenvalue weighted by molar-refractivity contribution is 0.288. The van der Waals surface area contributed by atoms with Crippen LogP contribution in [-0.4, -0.2) is 32.1 Å². The number of nitrogens with one attached hydrogen (secondary N) is 2. The lowest BCUT2D eigenvalue weighted by Crippen LogP contribution is -2.30. The first kappa shape index (κ1) is 17.8. The van der Waals surface area contributed by atoms with Crippen molar-refractivity contribution in [1.29, 1.82) is 0 Å². The molecule has 124 valence electrons. The molecular weight excluding hydrogens is 306 g/mol. The molecule has 0 radical (unpaired) electrons. The first-order valence-corrected chi connectivity index (χ1v) is 8.02. The van der Waals surface area contributed by atoms with E-state index in [4.69, 9.17) is 0 Å². The number of halogens is 1. The number of hydrogen-bond acceptors (Lipinski definition) is 3. The van der Waals surface area contributed by atoms with Crippen molar-refractivity contribution in [1.82, 2.24) is 10.2 Å². The fraction of sp³-hybridized carbons (Fsp3) is 0.368. The highest BCUT2D eigenvalue weighted by Crippen LogP contribution is 2.26. The Kier molecular flexibility index (Phi) is 6.46. The monoisotopic (exact) mass is 331 g/mol. The molecule has 4 heteroatoms. The second-order valence-corrected chi connectivity index (χ2v) is 6.15. The van der Waals surface area contributed by atoms with Gasteiger partial charge in [-0.2, -0.15) is 0 Å². The quantitative estimate of drug-likeness (QED) is 0.848. The van der Waals surface area contributed by atoms with Gasteiger partial charge in [0, 0.05) is 31.4 Å². The molecule has 1 heterocycles. The number of para-hydroxylation sites is 1. The highest BCUT2D eigenvalue weighted by Gasteiger charge is 2.15. The van der Waals surface area contributed by atoms with E-state index in [2.05, 4.69) is 78.2 Å². The van der Waals surface area contributed by atoms with Gasteiger partial charge in [-0.3, -0.25) is 0 Å². The maximum absolute atomic E-state index is 3.63. The first-order valence-electron chi connectivity index (χ1n) is 8.02. The fourth-order valence-electron chi connectivity index (χ4n) is 3.18. The number of anilines is 1. The Morgan fingerprint density at radius 3 is 2.61 bits per heavy atom. The Labute approximate surface area is 145 Å². The Bertz CT molecular complexity index is 613. The molecule has 0 bridgehead atoms. The summed E-state index contributed by atoms with van der Waals surface area (Å²) in [4.78, 5) is 2.27. The molecule has 0 saturated carbocycles. The van der Waals surface area contributed by atoms with Crippen LogP contribution in [0.2, 0.25) is 0 Å². The average molecular weight is 332 g/mol. The van der Waals surface area contributed by atoms with E-state index >= 15 is 0 Å². The number of fused-ring (bicyclic) bond motifs is 1. The summed E-state index contributed by atoms with van der Waals surface area (Å²) in [5, 5.41) is 7.14. The number of nitrogens with zero attached hydrogens (tertiary/aromatic N) is 1. The highest BCUT2D eigenvalue weighted by molar-refractivity contribution is 5.85. The molecule has 2 aromatic carbocycles. The van der Waals surface area contributed by atoms with Gasteiger partial charge < -0.3 is 15.5 Å². The Morgan fingerprint density at radius 1 is 1.09 bits per heavy atom. The third-order valence-corrected chi connectivity index (χ3v) is 4.39. The van der Waals surface area contributed by atoms with Crippen LogP contribution in [0.3, 0.4) is 0 Å². The molecule has 1 atom stereocenters. The largest absolute Gasteiger partial charge is 0.384 e. The zero-order valence-electron chi connectivity index (χ0n) is 13.9. The van der Waals surface area contributed by atoms with Gasteiger partial charge in [-0.1, -0.05) is 48.5 Å². The molecule has 0 aromatic heterocycles. The molecule has 2 aromatic rings. The molecule has 3 nitrogen and oxygen atoms in total. The van der Waals surface area contributed by atoms with Gasteiger partial charge in [0.2, 0.25) is 0 Å². The summed E-state index contributed by atoms with van der Waals surface area (Å²) >= 11 is 0. The number of rotatable bonds is 6. The molecule has 2 N–H and O–H groups in total. The van der Waals surface area contributed by atoms with Crippen LogP contribution in [0.1, 0.15) is 22.7 Å².